The van der Waals surface area contributed by atoms with Crippen LogP contribution in [0.5, 0.6) is 0 Å². The van der Waals surface area contributed by atoms with Gasteiger partial charge in [0.25, 0.3) is 0 Å². The van der Waals surface area contributed by atoms with Gasteiger partial charge in [-0.2, -0.15) is 0 Å². The third-order valence-corrected chi connectivity index (χ3v) is 6.81. The minimum absolute atomic E-state index is 0.0493. The van der Waals surface area contributed by atoms with Crippen molar-refractivity contribution in [1.29, 1.82) is 0 Å². The number of para-hydroxylation sites is 2. The van der Waals surface area contributed by atoms with Crippen molar-refractivity contribution in [2.24, 2.45) is 0 Å². The third-order valence-electron chi connectivity index (χ3n) is 5.51. The summed E-state index contributed by atoms with van der Waals surface area (Å²) in [5, 5.41) is 3.16. The van der Waals surface area contributed by atoms with Gasteiger partial charge in [-0.05, 0) is 43.7 Å². The molecule has 1 atom stereocenters. The maximum absolute atomic E-state index is 12.9. The van der Waals surface area contributed by atoms with Gasteiger partial charge in [0.05, 0.1) is 16.6 Å². The van der Waals surface area contributed by atoms with Crippen LogP contribution in [0.4, 0.5) is 11.4 Å². The van der Waals surface area contributed by atoms with Gasteiger partial charge in [-0.3, -0.25) is 4.79 Å². The first kappa shape index (κ1) is 18.4. The van der Waals surface area contributed by atoms with Crippen LogP contribution in [0.3, 0.4) is 0 Å². The van der Waals surface area contributed by atoms with Crippen molar-refractivity contribution in [3.8, 4) is 0 Å². The summed E-state index contributed by atoms with van der Waals surface area (Å²) in [6.07, 6.45) is 0.809. The summed E-state index contributed by atoms with van der Waals surface area (Å²) in [6, 6.07) is 14.7. The first-order valence-electron chi connectivity index (χ1n) is 9.77. The Morgan fingerprint density at radius 3 is 2.70 bits per heavy atom. The van der Waals surface area contributed by atoms with Crippen molar-refractivity contribution in [2.45, 2.75) is 30.4 Å². The molecule has 0 radical (unpaired) electrons. The van der Waals surface area contributed by atoms with E-state index in [-0.39, 0.29) is 11.2 Å². The highest BCUT2D eigenvalue weighted by Gasteiger charge is 2.29. The zero-order valence-corrected chi connectivity index (χ0v) is 16.9. The zero-order chi connectivity index (χ0) is 18.8. The lowest BCUT2D eigenvalue weighted by Gasteiger charge is -2.36. The summed E-state index contributed by atoms with van der Waals surface area (Å²) in [6.45, 7) is 9.57. The molecule has 0 unspecified atom stereocenters. The standard InChI is InChI=1S/C22H27N3OS/c1-3-24-10-12-25(13-11-24)19-7-5-4-6-18(19)23-22(26)21-15-17-9-8-16(2)14-20(17)27-21/h4-9,14,21H,3,10-13,15H2,1-2H3,(H,23,26)/t21-/m1/s1. The quantitative estimate of drug-likeness (QED) is 0.874. The molecule has 2 aromatic rings. The molecule has 2 heterocycles. The van der Waals surface area contributed by atoms with Crippen molar-refractivity contribution in [2.75, 3.05) is 42.9 Å². The number of hydrogen-bond donors (Lipinski definition) is 1. The molecule has 1 N–H and O–H groups in total. The summed E-state index contributed by atoms with van der Waals surface area (Å²) in [5.41, 5.74) is 4.60. The van der Waals surface area contributed by atoms with Crippen LogP contribution in [0.1, 0.15) is 18.1 Å². The smallest absolute Gasteiger partial charge is 0.238 e. The Hall–Kier alpha value is -1.98. The Kier molecular flexibility index (Phi) is 5.41. The number of piperazine rings is 1. The number of thioether (sulfide) groups is 1. The van der Waals surface area contributed by atoms with E-state index in [0.29, 0.717) is 0 Å². The highest BCUT2D eigenvalue weighted by Crippen LogP contribution is 2.38. The zero-order valence-electron chi connectivity index (χ0n) is 16.1. The molecule has 2 aliphatic rings. The normalized spacial score (nSPS) is 19.8. The fourth-order valence-electron chi connectivity index (χ4n) is 3.85. The number of carbonyl (C=O) groups is 1. The van der Waals surface area contributed by atoms with Crippen molar-refractivity contribution in [3.05, 3.63) is 53.6 Å². The largest absolute Gasteiger partial charge is 0.367 e. The molecule has 142 valence electrons. The fraction of sp³-hybridized carbons (Fsp3) is 0.409. The number of hydrogen-bond acceptors (Lipinski definition) is 4. The number of fused-ring (bicyclic) bond motifs is 1. The molecular formula is C22H27N3OS. The first-order chi connectivity index (χ1) is 13.1. The number of nitrogens with zero attached hydrogens (tertiary/aromatic N) is 2. The van der Waals surface area contributed by atoms with E-state index in [2.05, 4.69) is 59.3 Å². The molecule has 0 saturated carbocycles. The monoisotopic (exact) mass is 381 g/mol. The molecule has 0 bridgehead atoms. The Balaban J connectivity index is 1.45. The predicted molar refractivity (Wildman–Crippen MR) is 114 cm³/mol. The second kappa shape index (κ2) is 7.95. The summed E-state index contributed by atoms with van der Waals surface area (Å²) >= 11 is 1.69. The van der Waals surface area contributed by atoms with Crippen LogP contribution in [-0.2, 0) is 11.2 Å². The highest BCUT2D eigenvalue weighted by molar-refractivity contribution is 8.01. The molecule has 27 heavy (non-hydrogen) atoms. The molecule has 0 aliphatic carbocycles. The summed E-state index contributed by atoms with van der Waals surface area (Å²) in [7, 11) is 0. The van der Waals surface area contributed by atoms with Crippen molar-refractivity contribution in [1.82, 2.24) is 4.90 Å². The van der Waals surface area contributed by atoms with Gasteiger partial charge in [0, 0.05) is 31.1 Å². The minimum atomic E-state index is -0.0493. The van der Waals surface area contributed by atoms with E-state index >= 15 is 0 Å². The van der Waals surface area contributed by atoms with Crippen LogP contribution in [0.25, 0.3) is 0 Å². The van der Waals surface area contributed by atoms with Crippen LogP contribution in [0.15, 0.2) is 47.4 Å². The number of likely N-dealkylation sites (N-methyl/N-ethyl adjacent to an activating group) is 1. The van der Waals surface area contributed by atoms with E-state index in [0.717, 1.165) is 50.5 Å². The number of nitrogens with one attached hydrogen (secondary N) is 1. The van der Waals surface area contributed by atoms with Gasteiger partial charge in [0.15, 0.2) is 0 Å². The average molecular weight is 382 g/mol. The molecule has 4 rings (SSSR count). The molecule has 4 nitrogen and oxygen atoms in total. The van der Waals surface area contributed by atoms with Crippen molar-refractivity contribution in [3.63, 3.8) is 0 Å². The molecule has 0 spiro atoms. The van der Waals surface area contributed by atoms with Gasteiger partial charge in [-0.25, -0.2) is 0 Å². The lowest BCUT2D eigenvalue weighted by Crippen LogP contribution is -2.46. The number of rotatable bonds is 4. The summed E-state index contributed by atoms with van der Waals surface area (Å²) in [4.78, 5) is 19.0. The van der Waals surface area contributed by atoms with Crippen LogP contribution in [0, 0.1) is 6.92 Å². The lowest BCUT2D eigenvalue weighted by molar-refractivity contribution is -0.115. The maximum atomic E-state index is 12.9. The summed E-state index contributed by atoms with van der Waals surface area (Å²) < 4.78 is 0. The number of anilines is 2. The number of aryl methyl sites for hydroxylation is 1. The minimum Gasteiger partial charge on any atom is -0.367 e. The van der Waals surface area contributed by atoms with E-state index in [4.69, 9.17) is 0 Å². The Labute approximate surface area is 165 Å². The molecule has 0 aromatic heterocycles. The lowest BCUT2D eigenvalue weighted by atomic mass is 10.1. The molecule has 2 aliphatic heterocycles. The van der Waals surface area contributed by atoms with Gasteiger partial charge < -0.3 is 15.1 Å². The topological polar surface area (TPSA) is 35.6 Å². The number of amides is 1. The van der Waals surface area contributed by atoms with Crippen LogP contribution < -0.4 is 10.2 Å². The molecule has 2 aromatic carbocycles. The molecular weight excluding hydrogens is 354 g/mol. The molecule has 1 fully saturated rings. The highest BCUT2D eigenvalue weighted by atomic mass is 32.2. The van der Waals surface area contributed by atoms with Gasteiger partial charge in [-0.1, -0.05) is 36.8 Å². The van der Waals surface area contributed by atoms with Crippen molar-refractivity contribution < 1.29 is 4.79 Å². The fourth-order valence-corrected chi connectivity index (χ4v) is 5.15. The van der Waals surface area contributed by atoms with Gasteiger partial charge in [-0.15, -0.1) is 11.8 Å². The van der Waals surface area contributed by atoms with Crippen LogP contribution in [0.2, 0.25) is 0 Å². The predicted octanol–water partition coefficient (Wildman–Crippen LogP) is 3.79. The van der Waals surface area contributed by atoms with E-state index in [1.54, 1.807) is 11.8 Å². The van der Waals surface area contributed by atoms with E-state index in [1.165, 1.54) is 16.0 Å². The maximum Gasteiger partial charge on any atom is 0.238 e. The number of benzene rings is 2. The first-order valence-corrected chi connectivity index (χ1v) is 10.7. The van der Waals surface area contributed by atoms with E-state index in [1.807, 2.05) is 12.1 Å². The Morgan fingerprint density at radius 1 is 1.15 bits per heavy atom. The summed E-state index contributed by atoms with van der Waals surface area (Å²) in [5.74, 6) is 0.105. The third kappa shape index (κ3) is 3.99. The Morgan fingerprint density at radius 2 is 1.93 bits per heavy atom. The Bertz CT molecular complexity index is 830. The average Bonchev–Trinajstić information content (AvgIpc) is 3.12. The molecule has 1 amide bonds. The van der Waals surface area contributed by atoms with Gasteiger partial charge >= 0.3 is 0 Å². The van der Waals surface area contributed by atoms with Crippen LogP contribution >= 0.6 is 11.8 Å². The second-order valence-corrected chi connectivity index (χ2v) is 8.59. The van der Waals surface area contributed by atoms with E-state index in [9.17, 15) is 4.79 Å². The van der Waals surface area contributed by atoms with Gasteiger partial charge in [0.1, 0.15) is 0 Å². The van der Waals surface area contributed by atoms with Gasteiger partial charge in [0.2, 0.25) is 5.91 Å². The SMILES string of the molecule is CCN1CCN(c2ccccc2NC(=O)[C@H]2Cc3ccc(C)cc3S2)CC1. The number of carbonyl (C=O) groups excluding carboxylic acids is 1. The van der Waals surface area contributed by atoms with E-state index < -0.39 is 0 Å². The molecule has 1 saturated heterocycles. The molecule has 5 heteroatoms. The van der Waals surface area contributed by atoms with Crippen molar-refractivity contribution >= 4 is 29.0 Å². The van der Waals surface area contributed by atoms with Crippen LogP contribution in [-0.4, -0.2) is 48.8 Å². The second-order valence-electron chi connectivity index (χ2n) is 7.35.